The summed E-state index contributed by atoms with van der Waals surface area (Å²) in [5.41, 5.74) is 1.73. The van der Waals surface area contributed by atoms with Crippen molar-refractivity contribution >= 4 is 5.91 Å². The molecule has 2 aromatic carbocycles. The molecule has 0 aromatic heterocycles. The molecule has 0 bridgehead atoms. The van der Waals surface area contributed by atoms with Gasteiger partial charge in [-0.25, -0.2) is 0 Å². The van der Waals surface area contributed by atoms with Gasteiger partial charge in [0.25, 0.3) is 5.91 Å². The van der Waals surface area contributed by atoms with Gasteiger partial charge >= 0.3 is 6.18 Å². The Bertz CT molecular complexity index is 781. The molecule has 0 aliphatic carbocycles. The van der Waals surface area contributed by atoms with Gasteiger partial charge in [-0.05, 0) is 30.7 Å². The predicted molar refractivity (Wildman–Crippen MR) is 93.8 cm³/mol. The average molecular weight is 362 g/mol. The zero-order valence-corrected chi connectivity index (χ0v) is 14.6. The number of piperazine rings is 1. The van der Waals surface area contributed by atoms with E-state index in [1.165, 1.54) is 12.1 Å². The minimum Gasteiger partial charge on any atom is -0.336 e. The largest absolute Gasteiger partial charge is 0.416 e. The Morgan fingerprint density at radius 2 is 1.69 bits per heavy atom. The maximum atomic E-state index is 12.8. The Balaban J connectivity index is 1.58. The summed E-state index contributed by atoms with van der Waals surface area (Å²) >= 11 is 0. The van der Waals surface area contributed by atoms with Gasteiger partial charge in [0.05, 0.1) is 5.56 Å². The quantitative estimate of drug-likeness (QED) is 0.825. The first-order chi connectivity index (χ1) is 12.3. The first-order valence-corrected chi connectivity index (χ1v) is 8.57. The number of aryl methyl sites for hydroxylation is 1. The topological polar surface area (TPSA) is 23.6 Å². The van der Waals surface area contributed by atoms with Gasteiger partial charge in [-0.2, -0.15) is 13.2 Å². The van der Waals surface area contributed by atoms with Crippen molar-refractivity contribution in [1.82, 2.24) is 9.80 Å². The molecular formula is C20H21F3N2O. The molecule has 0 spiro atoms. The van der Waals surface area contributed by atoms with E-state index in [-0.39, 0.29) is 5.91 Å². The molecule has 0 unspecified atom stereocenters. The maximum absolute atomic E-state index is 12.8. The number of nitrogens with zero attached hydrogens (tertiary/aromatic N) is 2. The number of carbonyl (C=O) groups is 1. The summed E-state index contributed by atoms with van der Waals surface area (Å²) in [6.45, 7) is 4.85. The Morgan fingerprint density at radius 3 is 2.35 bits per heavy atom. The van der Waals surface area contributed by atoms with Crippen molar-refractivity contribution in [2.45, 2.75) is 19.6 Å². The van der Waals surface area contributed by atoms with E-state index in [0.29, 0.717) is 43.9 Å². The van der Waals surface area contributed by atoms with Gasteiger partial charge in [-0.15, -0.1) is 0 Å². The molecule has 1 aliphatic rings. The molecular weight excluding hydrogens is 341 g/mol. The van der Waals surface area contributed by atoms with Crippen LogP contribution in [0.4, 0.5) is 13.2 Å². The van der Waals surface area contributed by atoms with E-state index in [4.69, 9.17) is 0 Å². The Labute approximate surface area is 151 Å². The number of hydrogen-bond acceptors (Lipinski definition) is 2. The van der Waals surface area contributed by atoms with Crippen molar-refractivity contribution < 1.29 is 18.0 Å². The number of halogens is 3. The molecule has 0 atom stereocenters. The second kappa shape index (κ2) is 7.50. The van der Waals surface area contributed by atoms with Gasteiger partial charge in [0.1, 0.15) is 0 Å². The molecule has 1 saturated heterocycles. The molecule has 1 fully saturated rings. The average Bonchev–Trinajstić information content (AvgIpc) is 2.61. The summed E-state index contributed by atoms with van der Waals surface area (Å²) in [4.78, 5) is 16.4. The Morgan fingerprint density at radius 1 is 1.00 bits per heavy atom. The van der Waals surface area contributed by atoms with Gasteiger partial charge in [0, 0.05) is 38.3 Å². The van der Waals surface area contributed by atoms with Crippen LogP contribution in [0.1, 0.15) is 27.0 Å². The Hall–Kier alpha value is -2.34. The molecule has 3 rings (SSSR count). The molecule has 138 valence electrons. The summed E-state index contributed by atoms with van der Waals surface area (Å²) < 4.78 is 38.5. The minimum atomic E-state index is -4.32. The lowest BCUT2D eigenvalue weighted by molar-refractivity contribution is -0.137. The van der Waals surface area contributed by atoms with Crippen LogP contribution in [0.5, 0.6) is 0 Å². The molecule has 1 heterocycles. The van der Waals surface area contributed by atoms with Crippen LogP contribution < -0.4 is 0 Å². The zero-order valence-electron chi connectivity index (χ0n) is 14.6. The van der Waals surface area contributed by atoms with E-state index < -0.39 is 11.7 Å². The van der Waals surface area contributed by atoms with Crippen LogP contribution in [-0.4, -0.2) is 41.9 Å². The number of carbonyl (C=O) groups excluding carboxylic acids is 1. The molecule has 26 heavy (non-hydrogen) atoms. The smallest absolute Gasteiger partial charge is 0.336 e. The van der Waals surface area contributed by atoms with Crippen LogP contribution in [0, 0.1) is 6.92 Å². The minimum absolute atomic E-state index is 0.00687. The van der Waals surface area contributed by atoms with Gasteiger partial charge in [0.2, 0.25) is 0 Å². The zero-order chi connectivity index (χ0) is 18.7. The molecule has 0 saturated carbocycles. The van der Waals surface area contributed by atoms with Crippen molar-refractivity contribution in [2.24, 2.45) is 0 Å². The van der Waals surface area contributed by atoms with Crippen molar-refractivity contribution in [2.75, 3.05) is 26.2 Å². The summed E-state index contributed by atoms with van der Waals surface area (Å²) in [6, 6.07) is 12.9. The van der Waals surface area contributed by atoms with Crippen LogP contribution in [0.15, 0.2) is 48.5 Å². The number of alkyl halides is 3. The highest BCUT2D eigenvalue weighted by atomic mass is 19.4. The summed E-state index contributed by atoms with van der Waals surface area (Å²) in [7, 11) is 0. The highest BCUT2D eigenvalue weighted by molar-refractivity contribution is 5.94. The highest BCUT2D eigenvalue weighted by Crippen LogP contribution is 2.29. The number of rotatable bonds is 3. The van der Waals surface area contributed by atoms with Crippen LogP contribution in [-0.2, 0) is 12.7 Å². The van der Waals surface area contributed by atoms with Gasteiger partial charge < -0.3 is 4.90 Å². The van der Waals surface area contributed by atoms with E-state index in [9.17, 15) is 18.0 Å². The molecule has 2 aromatic rings. The molecule has 3 nitrogen and oxygen atoms in total. The third-order valence-electron chi connectivity index (χ3n) is 4.59. The standard InChI is InChI=1S/C20H21F3N2O/c1-15-4-2-6-17(12-15)19(26)25-10-8-24(9-11-25)14-16-5-3-7-18(13-16)20(21,22)23/h2-7,12-13H,8-11,14H2,1H3. The van der Waals surface area contributed by atoms with Crippen LogP contribution >= 0.6 is 0 Å². The lowest BCUT2D eigenvalue weighted by Gasteiger charge is -2.35. The Kier molecular flexibility index (Phi) is 5.32. The second-order valence-corrected chi connectivity index (χ2v) is 6.64. The van der Waals surface area contributed by atoms with Gasteiger partial charge in [-0.3, -0.25) is 9.69 Å². The van der Waals surface area contributed by atoms with Crippen LogP contribution in [0.2, 0.25) is 0 Å². The van der Waals surface area contributed by atoms with Crippen molar-refractivity contribution in [3.8, 4) is 0 Å². The molecule has 0 N–H and O–H groups in total. The van der Waals surface area contributed by atoms with Crippen molar-refractivity contribution in [3.05, 3.63) is 70.8 Å². The SMILES string of the molecule is Cc1cccc(C(=O)N2CCN(Cc3cccc(C(F)(F)F)c3)CC2)c1. The lowest BCUT2D eigenvalue weighted by Crippen LogP contribution is -2.48. The summed E-state index contributed by atoms with van der Waals surface area (Å²) in [5, 5.41) is 0. The van der Waals surface area contributed by atoms with Gasteiger partial charge in [-0.1, -0.05) is 35.9 Å². The van der Waals surface area contributed by atoms with E-state index >= 15 is 0 Å². The summed E-state index contributed by atoms with van der Waals surface area (Å²) in [6.07, 6.45) is -4.32. The van der Waals surface area contributed by atoms with E-state index in [1.54, 1.807) is 11.0 Å². The van der Waals surface area contributed by atoms with E-state index in [0.717, 1.165) is 11.6 Å². The third kappa shape index (κ3) is 4.43. The van der Waals surface area contributed by atoms with Crippen LogP contribution in [0.25, 0.3) is 0 Å². The molecule has 6 heteroatoms. The first-order valence-electron chi connectivity index (χ1n) is 8.57. The first kappa shape index (κ1) is 18.5. The monoisotopic (exact) mass is 362 g/mol. The fourth-order valence-electron chi connectivity index (χ4n) is 3.17. The number of amides is 1. The lowest BCUT2D eigenvalue weighted by atomic mass is 10.1. The van der Waals surface area contributed by atoms with E-state index in [1.807, 2.05) is 31.2 Å². The second-order valence-electron chi connectivity index (χ2n) is 6.64. The molecule has 0 radical (unpaired) electrons. The molecule has 1 amide bonds. The third-order valence-corrected chi connectivity index (χ3v) is 4.59. The number of hydrogen-bond donors (Lipinski definition) is 0. The normalized spacial score (nSPS) is 15.9. The fraction of sp³-hybridized carbons (Fsp3) is 0.350. The predicted octanol–water partition coefficient (Wildman–Crippen LogP) is 3.97. The van der Waals surface area contributed by atoms with Gasteiger partial charge in [0.15, 0.2) is 0 Å². The summed E-state index contributed by atoms with van der Waals surface area (Å²) in [5.74, 6) is 0.00687. The molecule has 1 aliphatic heterocycles. The van der Waals surface area contributed by atoms with Crippen molar-refractivity contribution in [3.63, 3.8) is 0 Å². The van der Waals surface area contributed by atoms with E-state index in [2.05, 4.69) is 4.90 Å². The maximum Gasteiger partial charge on any atom is 0.416 e. The van der Waals surface area contributed by atoms with Crippen LogP contribution in [0.3, 0.4) is 0 Å². The highest BCUT2D eigenvalue weighted by Gasteiger charge is 2.30. The fourth-order valence-corrected chi connectivity index (χ4v) is 3.17. The van der Waals surface area contributed by atoms with Crippen molar-refractivity contribution in [1.29, 1.82) is 0 Å². The number of benzene rings is 2.